The summed E-state index contributed by atoms with van der Waals surface area (Å²) in [5.41, 5.74) is 0. The molecule has 2 atom stereocenters. The Labute approximate surface area is 133 Å². The van der Waals surface area contributed by atoms with E-state index in [1.807, 2.05) is 17.8 Å². The van der Waals surface area contributed by atoms with Crippen molar-refractivity contribution in [2.45, 2.75) is 32.5 Å². The van der Waals surface area contributed by atoms with Crippen molar-refractivity contribution in [2.24, 2.45) is 13.0 Å². The van der Waals surface area contributed by atoms with Gasteiger partial charge in [0.2, 0.25) is 0 Å². The highest BCUT2D eigenvalue weighted by Gasteiger charge is 2.46. The van der Waals surface area contributed by atoms with Crippen LogP contribution < -0.4 is 0 Å². The second-order valence-corrected chi connectivity index (χ2v) is 9.18. The van der Waals surface area contributed by atoms with Crippen LogP contribution in [0.15, 0.2) is 12.4 Å². The number of hydrogen-bond acceptors (Lipinski definition) is 5. The van der Waals surface area contributed by atoms with Crippen LogP contribution in [-0.2, 0) is 23.4 Å². The Kier molecular flexibility index (Phi) is 4.31. The fraction of sp³-hybridized carbons (Fsp3) is 0.800. The summed E-state index contributed by atoms with van der Waals surface area (Å²) in [6.45, 7) is 7.95. The first-order chi connectivity index (χ1) is 10.4. The summed E-state index contributed by atoms with van der Waals surface area (Å²) in [6, 6.07) is 0.246. The van der Waals surface area contributed by atoms with Crippen LogP contribution in [0.2, 0.25) is 0 Å². The molecule has 0 bridgehead atoms. The van der Waals surface area contributed by atoms with Crippen molar-refractivity contribution < 1.29 is 8.42 Å². The summed E-state index contributed by atoms with van der Waals surface area (Å²) in [4.78, 5) is 9.08. The van der Waals surface area contributed by atoms with Crippen LogP contribution in [0.5, 0.6) is 0 Å². The highest BCUT2D eigenvalue weighted by Crippen LogP contribution is 2.28. The van der Waals surface area contributed by atoms with E-state index in [1.165, 1.54) is 0 Å². The molecule has 6 nitrogen and oxygen atoms in total. The number of fused-ring (bicyclic) bond motifs is 1. The third kappa shape index (κ3) is 3.21. The Morgan fingerprint density at radius 3 is 2.45 bits per heavy atom. The second kappa shape index (κ2) is 5.94. The second-order valence-electron chi connectivity index (χ2n) is 7.03. The van der Waals surface area contributed by atoms with Gasteiger partial charge in [-0.05, 0) is 5.92 Å². The van der Waals surface area contributed by atoms with Crippen molar-refractivity contribution in [3.8, 4) is 0 Å². The minimum atomic E-state index is -2.93. The summed E-state index contributed by atoms with van der Waals surface area (Å²) in [5.74, 6) is 2.16. The molecule has 2 aliphatic heterocycles. The van der Waals surface area contributed by atoms with Gasteiger partial charge in [0.1, 0.15) is 5.82 Å². The van der Waals surface area contributed by atoms with Gasteiger partial charge in [0.15, 0.2) is 9.84 Å². The zero-order valence-corrected chi connectivity index (χ0v) is 14.5. The molecule has 3 heterocycles. The van der Waals surface area contributed by atoms with Crippen LogP contribution in [0.4, 0.5) is 0 Å². The van der Waals surface area contributed by atoms with Gasteiger partial charge in [-0.2, -0.15) is 0 Å². The van der Waals surface area contributed by atoms with Crippen molar-refractivity contribution >= 4 is 9.84 Å². The Balaban J connectivity index is 1.79. The molecule has 0 radical (unpaired) electrons. The lowest BCUT2D eigenvalue weighted by Crippen LogP contribution is -2.59. The fourth-order valence-electron chi connectivity index (χ4n) is 3.72. The van der Waals surface area contributed by atoms with Gasteiger partial charge in [0.25, 0.3) is 0 Å². The van der Waals surface area contributed by atoms with E-state index in [0.29, 0.717) is 11.7 Å². The Bertz CT molecular complexity index is 625. The van der Waals surface area contributed by atoms with Gasteiger partial charge in [0, 0.05) is 51.2 Å². The van der Waals surface area contributed by atoms with Crippen molar-refractivity contribution in [3.05, 3.63) is 18.2 Å². The molecule has 124 valence electrons. The number of aryl methyl sites for hydroxylation is 1. The number of sulfone groups is 1. The molecule has 0 N–H and O–H groups in total. The number of aromatic nitrogens is 2. The van der Waals surface area contributed by atoms with Crippen LogP contribution in [0.25, 0.3) is 0 Å². The number of piperazine rings is 1. The molecular weight excluding hydrogens is 300 g/mol. The molecule has 0 aromatic carbocycles. The summed E-state index contributed by atoms with van der Waals surface area (Å²) < 4.78 is 26.4. The lowest BCUT2D eigenvalue weighted by Gasteiger charge is -2.44. The average Bonchev–Trinajstić information content (AvgIpc) is 2.95. The minimum absolute atomic E-state index is 0.106. The van der Waals surface area contributed by atoms with E-state index in [-0.39, 0.29) is 17.8 Å². The lowest BCUT2D eigenvalue weighted by molar-refractivity contribution is 0.0318. The van der Waals surface area contributed by atoms with Gasteiger partial charge in [-0.25, -0.2) is 13.4 Å². The van der Waals surface area contributed by atoms with E-state index in [9.17, 15) is 8.42 Å². The third-order valence-electron chi connectivity index (χ3n) is 4.77. The van der Waals surface area contributed by atoms with Gasteiger partial charge in [-0.15, -0.1) is 0 Å². The molecule has 0 aliphatic carbocycles. The monoisotopic (exact) mass is 326 g/mol. The van der Waals surface area contributed by atoms with E-state index in [2.05, 4.69) is 28.6 Å². The van der Waals surface area contributed by atoms with Crippen molar-refractivity contribution in [2.75, 3.05) is 31.1 Å². The van der Waals surface area contributed by atoms with Crippen LogP contribution >= 0.6 is 0 Å². The molecule has 2 saturated heterocycles. The Hall–Kier alpha value is -0.920. The highest BCUT2D eigenvalue weighted by atomic mass is 32.2. The summed E-state index contributed by atoms with van der Waals surface area (Å²) in [5, 5.41) is 0. The summed E-state index contributed by atoms with van der Waals surface area (Å²) in [7, 11) is -0.944. The van der Waals surface area contributed by atoms with Gasteiger partial charge in [0.05, 0.1) is 18.1 Å². The van der Waals surface area contributed by atoms with E-state index in [4.69, 9.17) is 0 Å². The van der Waals surface area contributed by atoms with Crippen molar-refractivity contribution in [3.63, 3.8) is 0 Å². The van der Waals surface area contributed by atoms with Crippen LogP contribution in [0.3, 0.4) is 0 Å². The maximum atomic E-state index is 12.2. The van der Waals surface area contributed by atoms with E-state index >= 15 is 0 Å². The topological polar surface area (TPSA) is 58.4 Å². The summed E-state index contributed by atoms with van der Waals surface area (Å²) >= 11 is 0. The molecule has 7 heteroatoms. The van der Waals surface area contributed by atoms with Crippen molar-refractivity contribution in [1.82, 2.24) is 19.4 Å². The SMILES string of the molecule is CC(C)CN1CCN(Cc2nccn2C)C2CS(=O)(=O)CC21. The van der Waals surface area contributed by atoms with Gasteiger partial charge >= 0.3 is 0 Å². The quantitative estimate of drug-likeness (QED) is 0.800. The molecule has 22 heavy (non-hydrogen) atoms. The van der Waals surface area contributed by atoms with E-state index in [1.54, 1.807) is 6.20 Å². The average molecular weight is 326 g/mol. The molecule has 1 aromatic rings. The largest absolute Gasteiger partial charge is 0.337 e. The Morgan fingerprint density at radius 1 is 1.23 bits per heavy atom. The minimum Gasteiger partial charge on any atom is -0.337 e. The molecule has 2 aliphatic rings. The zero-order chi connectivity index (χ0) is 15.9. The first-order valence-electron chi connectivity index (χ1n) is 8.00. The van der Waals surface area contributed by atoms with Crippen LogP contribution in [-0.4, -0.2) is 71.0 Å². The highest BCUT2D eigenvalue weighted by molar-refractivity contribution is 7.91. The molecule has 1 aromatic heterocycles. The molecule has 0 spiro atoms. The molecule has 3 rings (SSSR count). The summed E-state index contributed by atoms with van der Waals surface area (Å²) in [6.07, 6.45) is 3.74. The lowest BCUT2D eigenvalue weighted by atomic mass is 10.0. The molecule has 0 saturated carbocycles. The number of nitrogens with zero attached hydrogens (tertiary/aromatic N) is 4. The van der Waals surface area contributed by atoms with Crippen LogP contribution in [0.1, 0.15) is 19.7 Å². The smallest absolute Gasteiger partial charge is 0.153 e. The number of imidazole rings is 1. The standard InChI is InChI=1S/C15H26N4O2S/c1-12(2)8-18-6-7-19(9-15-16-4-5-17(15)3)14-11-22(20,21)10-13(14)18/h4-5,12-14H,6-11H2,1-3H3. The fourth-order valence-corrected chi connectivity index (χ4v) is 5.76. The van der Waals surface area contributed by atoms with Crippen LogP contribution in [0, 0.1) is 5.92 Å². The Morgan fingerprint density at radius 2 is 1.86 bits per heavy atom. The normalized spacial score (nSPS) is 29.1. The first-order valence-corrected chi connectivity index (χ1v) is 9.82. The number of rotatable bonds is 4. The van der Waals surface area contributed by atoms with Gasteiger partial charge in [-0.3, -0.25) is 9.80 Å². The van der Waals surface area contributed by atoms with Gasteiger partial charge < -0.3 is 4.57 Å². The van der Waals surface area contributed by atoms with E-state index < -0.39 is 9.84 Å². The molecule has 2 unspecified atom stereocenters. The van der Waals surface area contributed by atoms with Gasteiger partial charge in [-0.1, -0.05) is 13.8 Å². The molecular formula is C15H26N4O2S. The van der Waals surface area contributed by atoms with E-state index in [0.717, 1.165) is 32.0 Å². The predicted octanol–water partition coefficient (Wildman–Crippen LogP) is 0.359. The maximum absolute atomic E-state index is 12.2. The molecule has 2 fully saturated rings. The predicted molar refractivity (Wildman–Crippen MR) is 86.3 cm³/mol. The zero-order valence-electron chi connectivity index (χ0n) is 13.6. The van der Waals surface area contributed by atoms with Crippen molar-refractivity contribution in [1.29, 1.82) is 0 Å². The third-order valence-corrected chi connectivity index (χ3v) is 6.47. The maximum Gasteiger partial charge on any atom is 0.153 e. The number of hydrogen-bond donors (Lipinski definition) is 0. The first kappa shape index (κ1) is 16.0. The molecule has 0 amide bonds.